The number of nitrogens with one attached hydrogen (secondary N) is 1. The number of amides is 1. The van der Waals surface area contributed by atoms with Gasteiger partial charge in [-0.25, -0.2) is 19.6 Å². The Morgan fingerprint density at radius 3 is 2.81 bits per heavy atom. The molecule has 1 aliphatic heterocycles. The summed E-state index contributed by atoms with van der Waals surface area (Å²) in [5.41, 5.74) is 4.65. The van der Waals surface area contributed by atoms with E-state index in [9.17, 15) is 9.59 Å². The first-order chi connectivity index (χ1) is 12.2. The molecule has 0 bridgehead atoms. The van der Waals surface area contributed by atoms with Crippen LogP contribution >= 0.6 is 0 Å². The largest absolute Gasteiger partial charge is 0.477 e. The Hall–Kier alpha value is -2.84. The summed E-state index contributed by atoms with van der Waals surface area (Å²) in [4.78, 5) is 33.4. The zero-order valence-corrected chi connectivity index (χ0v) is 15.2. The van der Waals surface area contributed by atoms with Gasteiger partial charge in [0.1, 0.15) is 17.0 Å². The first-order valence-corrected chi connectivity index (χ1v) is 8.42. The molecule has 1 atom stereocenters. The molecular formula is C17H25N5O4. The number of aromatic nitrogens is 2. The van der Waals surface area contributed by atoms with Gasteiger partial charge in [-0.05, 0) is 39.7 Å². The molecule has 0 aromatic carbocycles. The summed E-state index contributed by atoms with van der Waals surface area (Å²) in [5.74, 6) is -0.543. The number of hydrogen-bond acceptors (Lipinski definition) is 7. The van der Waals surface area contributed by atoms with E-state index in [1.54, 1.807) is 6.07 Å². The highest BCUT2D eigenvalue weighted by Gasteiger charge is 2.25. The lowest BCUT2D eigenvalue weighted by Gasteiger charge is -2.34. The fraction of sp³-hybridized carbons (Fsp3) is 0.529. The molecule has 2 rings (SSSR count). The normalized spacial score (nSPS) is 18.3. The van der Waals surface area contributed by atoms with E-state index >= 15 is 0 Å². The van der Waals surface area contributed by atoms with Crippen LogP contribution in [-0.4, -0.2) is 51.9 Å². The smallest absolute Gasteiger partial charge is 0.407 e. The second-order valence-corrected chi connectivity index (χ2v) is 7.06. The maximum atomic E-state index is 12.0. The topological polar surface area (TPSA) is 131 Å². The van der Waals surface area contributed by atoms with Crippen molar-refractivity contribution in [3.05, 3.63) is 24.3 Å². The van der Waals surface area contributed by atoms with E-state index in [4.69, 9.17) is 15.6 Å². The summed E-state index contributed by atoms with van der Waals surface area (Å²) in [6, 6.07) is 1.62. The number of carbonyl (C=O) groups excluding carboxylic acids is 1. The minimum Gasteiger partial charge on any atom is -0.477 e. The number of aliphatic carboxylic acids is 1. The van der Waals surface area contributed by atoms with E-state index in [-0.39, 0.29) is 17.4 Å². The van der Waals surface area contributed by atoms with Crippen molar-refractivity contribution in [2.45, 2.75) is 45.3 Å². The van der Waals surface area contributed by atoms with Crippen LogP contribution in [0.1, 0.15) is 39.4 Å². The van der Waals surface area contributed by atoms with Gasteiger partial charge in [-0.2, -0.15) is 0 Å². The van der Waals surface area contributed by atoms with Crippen LogP contribution in [0, 0.1) is 0 Å². The van der Waals surface area contributed by atoms with Crippen LogP contribution in [0.3, 0.4) is 0 Å². The molecule has 4 N–H and O–H groups in total. The van der Waals surface area contributed by atoms with E-state index in [1.807, 2.05) is 25.7 Å². The van der Waals surface area contributed by atoms with Crippen molar-refractivity contribution in [1.82, 2.24) is 15.3 Å². The third-order valence-electron chi connectivity index (χ3n) is 3.75. The molecular weight excluding hydrogens is 338 g/mol. The molecule has 0 aliphatic carbocycles. The van der Waals surface area contributed by atoms with Gasteiger partial charge in [-0.3, -0.25) is 0 Å². The van der Waals surface area contributed by atoms with Crippen molar-refractivity contribution >= 4 is 23.5 Å². The summed E-state index contributed by atoms with van der Waals surface area (Å²) < 4.78 is 5.29. The number of piperidine rings is 1. The maximum absolute atomic E-state index is 12.0. The molecule has 1 saturated heterocycles. The first kappa shape index (κ1) is 19.5. The molecule has 9 nitrogen and oxygen atoms in total. The number of nitrogens with zero attached hydrogens (tertiary/aromatic N) is 3. The Bertz CT molecular complexity index is 699. The lowest BCUT2D eigenvalue weighted by molar-refractivity contribution is -0.130. The van der Waals surface area contributed by atoms with E-state index in [2.05, 4.69) is 15.3 Å². The maximum Gasteiger partial charge on any atom is 0.407 e. The molecule has 0 unspecified atom stereocenters. The Kier molecular flexibility index (Phi) is 6.01. The van der Waals surface area contributed by atoms with Crippen LogP contribution in [0.5, 0.6) is 0 Å². The Labute approximate surface area is 152 Å². The van der Waals surface area contributed by atoms with Gasteiger partial charge >= 0.3 is 12.1 Å². The lowest BCUT2D eigenvalue weighted by Crippen LogP contribution is -2.49. The molecule has 1 amide bonds. The summed E-state index contributed by atoms with van der Waals surface area (Å²) in [5, 5.41) is 12.0. The van der Waals surface area contributed by atoms with Crippen molar-refractivity contribution in [2.75, 3.05) is 18.0 Å². The van der Waals surface area contributed by atoms with Gasteiger partial charge in [0.15, 0.2) is 5.82 Å². The van der Waals surface area contributed by atoms with Crippen molar-refractivity contribution in [2.24, 2.45) is 5.73 Å². The highest BCUT2D eigenvalue weighted by atomic mass is 16.6. The molecule has 2 heterocycles. The Morgan fingerprint density at radius 2 is 2.19 bits per heavy atom. The summed E-state index contributed by atoms with van der Waals surface area (Å²) in [6.45, 7) is 6.73. The quantitative estimate of drug-likeness (QED) is 0.683. The Balaban J connectivity index is 2.08. The van der Waals surface area contributed by atoms with Crippen LogP contribution in [-0.2, 0) is 9.53 Å². The monoisotopic (exact) mass is 363 g/mol. The second kappa shape index (κ2) is 8.03. The predicted octanol–water partition coefficient (Wildman–Crippen LogP) is 1.35. The fourth-order valence-electron chi connectivity index (χ4n) is 2.67. The Morgan fingerprint density at radius 1 is 1.46 bits per heavy atom. The second-order valence-electron chi connectivity index (χ2n) is 7.06. The zero-order chi connectivity index (χ0) is 19.3. The minimum absolute atomic E-state index is 0.0553. The number of nitrogens with two attached hydrogens (primary N) is 1. The van der Waals surface area contributed by atoms with Crippen LogP contribution in [0.25, 0.3) is 5.57 Å². The standard InChI is InChI=1S/C17H25N5O4/c1-17(2,3)26-16(25)20-11-5-4-8-22(10-11)13-6-7-19-14(21-13)12(9-18)15(23)24/h6-7,9,11H,4-5,8,10,18H2,1-3H3,(H,20,25)(H,23,24)/b12-9+/t11-/m1/s1. The number of carboxylic acid groups (broad SMARTS) is 1. The van der Waals surface area contributed by atoms with Crippen LogP contribution < -0.4 is 16.0 Å². The highest BCUT2D eigenvalue weighted by molar-refractivity contribution is 6.13. The number of rotatable bonds is 4. The highest BCUT2D eigenvalue weighted by Crippen LogP contribution is 2.20. The van der Waals surface area contributed by atoms with Crippen molar-refractivity contribution in [1.29, 1.82) is 0 Å². The summed E-state index contributed by atoms with van der Waals surface area (Å²) in [6.07, 6.45) is 3.71. The number of carboxylic acids is 1. The van der Waals surface area contributed by atoms with Gasteiger partial charge in [0.25, 0.3) is 0 Å². The van der Waals surface area contributed by atoms with Crippen molar-refractivity contribution < 1.29 is 19.4 Å². The SMILES string of the molecule is CC(C)(C)OC(=O)N[C@@H]1CCCN(c2ccnc(/C(=C\N)C(=O)O)n2)C1. The molecule has 0 saturated carbocycles. The van der Waals surface area contributed by atoms with E-state index in [0.717, 1.165) is 25.6 Å². The summed E-state index contributed by atoms with van der Waals surface area (Å²) in [7, 11) is 0. The number of hydrogen-bond donors (Lipinski definition) is 3. The predicted molar refractivity (Wildman–Crippen MR) is 96.4 cm³/mol. The molecule has 0 spiro atoms. The van der Waals surface area contributed by atoms with Crippen LogP contribution in [0.15, 0.2) is 18.5 Å². The lowest BCUT2D eigenvalue weighted by atomic mass is 10.1. The molecule has 142 valence electrons. The van der Waals surface area contributed by atoms with Gasteiger partial charge in [-0.15, -0.1) is 0 Å². The van der Waals surface area contributed by atoms with Gasteiger partial charge in [0.2, 0.25) is 0 Å². The van der Waals surface area contributed by atoms with Crippen LogP contribution in [0.2, 0.25) is 0 Å². The molecule has 1 aromatic rings. The van der Waals surface area contributed by atoms with Gasteiger partial charge in [0, 0.05) is 31.5 Å². The van der Waals surface area contributed by atoms with E-state index in [1.165, 1.54) is 6.20 Å². The van der Waals surface area contributed by atoms with Gasteiger partial charge in [0.05, 0.1) is 0 Å². The minimum atomic E-state index is -1.19. The molecule has 1 fully saturated rings. The summed E-state index contributed by atoms with van der Waals surface area (Å²) >= 11 is 0. The van der Waals surface area contributed by atoms with Gasteiger partial charge in [-0.1, -0.05) is 0 Å². The molecule has 9 heteroatoms. The van der Waals surface area contributed by atoms with Crippen molar-refractivity contribution in [3.63, 3.8) is 0 Å². The molecule has 1 aliphatic rings. The average Bonchev–Trinajstić information content (AvgIpc) is 2.54. The fourth-order valence-corrected chi connectivity index (χ4v) is 2.67. The van der Waals surface area contributed by atoms with E-state index < -0.39 is 17.7 Å². The van der Waals surface area contributed by atoms with Gasteiger partial charge < -0.3 is 25.8 Å². The van der Waals surface area contributed by atoms with Crippen LogP contribution in [0.4, 0.5) is 10.6 Å². The van der Waals surface area contributed by atoms with E-state index in [0.29, 0.717) is 12.4 Å². The number of alkyl carbamates (subject to hydrolysis) is 1. The van der Waals surface area contributed by atoms with Crippen molar-refractivity contribution in [3.8, 4) is 0 Å². The molecule has 1 aromatic heterocycles. The number of anilines is 1. The third kappa shape index (κ3) is 5.33. The zero-order valence-electron chi connectivity index (χ0n) is 15.2. The first-order valence-electron chi connectivity index (χ1n) is 8.42. The number of carbonyl (C=O) groups is 2. The number of ether oxygens (including phenoxy) is 1. The third-order valence-corrected chi connectivity index (χ3v) is 3.75. The molecule has 0 radical (unpaired) electrons. The average molecular weight is 363 g/mol. The molecule has 26 heavy (non-hydrogen) atoms.